The van der Waals surface area contributed by atoms with Crippen molar-refractivity contribution < 1.29 is 19.0 Å². The van der Waals surface area contributed by atoms with Gasteiger partial charge >= 0.3 is 5.97 Å². The normalized spacial score (nSPS) is 22.2. The zero-order chi connectivity index (χ0) is 14.7. The third-order valence-electron chi connectivity index (χ3n) is 3.19. The molecule has 1 aromatic rings. The Bertz CT molecular complexity index is 565. The highest BCUT2D eigenvalue weighted by Gasteiger charge is 2.21. The van der Waals surface area contributed by atoms with Gasteiger partial charge in [-0.15, -0.1) is 0 Å². The van der Waals surface area contributed by atoms with Crippen molar-refractivity contribution >= 4 is 28.1 Å². The number of nitrogens with zero attached hydrogens (tertiary/aromatic N) is 1. The second-order valence-electron chi connectivity index (χ2n) is 4.56. The largest absolute Gasteiger partial charge is 0.478 e. The Hall–Kier alpha value is -1.96. The Morgan fingerprint density at radius 3 is 2.60 bits per heavy atom. The highest BCUT2D eigenvalue weighted by Crippen LogP contribution is 2.25. The number of hydrogen-bond donors (Lipinski definition) is 2. The molecule has 108 valence electrons. The van der Waals surface area contributed by atoms with E-state index >= 15 is 0 Å². The summed E-state index contributed by atoms with van der Waals surface area (Å²) in [6, 6.07) is 3.62. The first-order chi connectivity index (χ1) is 9.47. The number of rotatable bonds is 4. The molecular formula is C12H14N2O5S. The van der Waals surface area contributed by atoms with Gasteiger partial charge in [0, 0.05) is 40.5 Å². The van der Waals surface area contributed by atoms with Gasteiger partial charge in [-0.2, -0.15) is 0 Å². The molecule has 1 aromatic carbocycles. The fraction of sp³-hybridized carbons (Fsp3) is 0.417. The lowest BCUT2D eigenvalue weighted by Gasteiger charge is -2.24. The molecule has 8 heteroatoms. The maximum absolute atomic E-state index is 11.3. The second kappa shape index (κ2) is 6.00. The van der Waals surface area contributed by atoms with Gasteiger partial charge in [-0.05, 0) is 18.9 Å². The Labute approximate surface area is 117 Å². The Balaban J connectivity index is 2.23. The maximum Gasteiger partial charge on any atom is 0.337 e. The quantitative estimate of drug-likeness (QED) is 0.645. The topological polar surface area (TPSA) is 110 Å². The third kappa shape index (κ3) is 3.32. The smallest absolute Gasteiger partial charge is 0.337 e. The van der Waals surface area contributed by atoms with E-state index in [4.69, 9.17) is 5.11 Å². The lowest BCUT2D eigenvalue weighted by molar-refractivity contribution is -0.384. The summed E-state index contributed by atoms with van der Waals surface area (Å²) in [5.74, 6) is -0.00827. The van der Waals surface area contributed by atoms with Crippen LogP contribution in [0.4, 0.5) is 11.4 Å². The van der Waals surface area contributed by atoms with Gasteiger partial charge in [0.1, 0.15) is 0 Å². The molecule has 1 heterocycles. The van der Waals surface area contributed by atoms with Crippen LogP contribution in [0.1, 0.15) is 23.2 Å². The summed E-state index contributed by atoms with van der Waals surface area (Å²) in [5.41, 5.74) is 0.0866. The predicted molar refractivity (Wildman–Crippen MR) is 74.6 cm³/mol. The molecule has 1 aliphatic heterocycles. The van der Waals surface area contributed by atoms with Gasteiger partial charge in [-0.3, -0.25) is 14.3 Å². The van der Waals surface area contributed by atoms with E-state index in [-0.39, 0.29) is 23.0 Å². The number of anilines is 1. The van der Waals surface area contributed by atoms with Gasteiger partial charge in [0.25, 0.3) is 5.69 Å². The molecule has 0 bridgehead atoms. The van der Waals surface area contributed by atoms with Crippen LogP contribution in [-0.4, -0.2) is 37.8 Å². The molecule has 1 saturated heterocycles. The van der Waals surface area contributed by atoms with Crippen molar-refractivity contribution in [3.63, 3.8) is 0 Å². The van der Waals surface area contributed by atoms with Crippen molar-refractivity contribution in [2.24, 2.45) is 0 Å². The molecule has 1 aliphatic rings. The molecule has 7 nitrogen and oxygen atoms in total. The Kier molecular flexibility index (Phi) is 4.33. The molecule has 2 N–H and O–H groups in total. The van der Waals surface area contributed by atoms with E-state index in [0.717, 1.165) is 0 Å². The lowest BCUT2D eigenvalue weighted by atomic mass is 10.1. The number of non-ortho nitro benzene ring substituents is 1. The minimum Gasteiger partial charge on any atom is -0.478 e. The lowest BCUT2D eigenvalue weighted by Crippen LogP contribution is -2.30. The molecule has 0 amide bonds. The van der Waals surface area contributed by atoms with E-state index in [1.807, 2.05) is 0 Å². The van der Waals surface area contributed by atoms with E-state index in [0.29, 0.717) is 24.3 Å². The summed E-state index contributed by atoms with van der Waals surface area (Å²) in [4.78, 5) is 21.3. The van der Waals surface area contributed by atoms with Crippen LogP contribution in [0.3, 0.4) is 0 Å². The van der Waals surface area contributed by atoms with Gasteiger partial charge in [0.05, 0.1) is 16.2 Å². The molecule has 0 atom stereocenters. The first-order valence-electron chi connectivity index (χ1n) is 6.10. The number of nitro benzene ring substituents is 1. The third-order valence-corrected chi connectivity index (χ3v) is 4.57. The Morgan fingerprint density at radius 2 is 2.05 bits per heavy atom. The first kappa shape index (κ1) is 14.4. The number of nitro groups is 1. The fourth-order valence-electron chi connectivity index (χ4n) is 2.11. The summed E-state index contributed by atoms with van der Waals surface area (Å²) in [7, 11) is -0.809. The van der Waals surface area contributed by atoms with E-state index in [1.54, 1.807) is 0 Å². The fourth-order valence-corrected chi connectivity index (χ4v) is 3.41. The predicted octanol–water partition coefficient (Wildman–Crippen LogP) is 1.62. The van der Waals surface area contributed by atoms with Crippen LogP contribution in [0.5, 0.6) is 0 Å². The summed E-state index contributed by atoms with van der Waals surface area (Å²) in [5, 5.41) is 22.9. The van der Waals surface area contributed by atoms with Crippen molar-refractivity contribution in [2.75, 3.05) is 16.8 Å². The Morgan fingerprint density at radius 1 is 1.40 bits per heavy atom. The maximum atomic E-state index is 11.3. The average molecular weight is 298 g/mol. The number of carboxylic acid groups (broad SMARTS) is 1. The van der Waals surface area contributed by atoms with Crippen LogP contribution in [0.25, 0.3) is 0 Å². The van der Waals surface area contributed by atoms with E-state index in [2.05, 4.69) is 5.32 Å². The number of carboxylic acids is 1. The molecule has 1 fully saturated rings. The van der Waals surface area contributed by atoms with Crippen molar-refractivity contribution in [3.05, 3.63) is 33.9 Å². The molecule has 0 aromatic heterocycles. The van der Waals surface area contributed by atoms with Crippen LogP contribution >= 0.6 is 0 Å². The summed E-state index contributed by atoms with van der Waals surface area (Å²) in [6.07, 6.45) is 1.32. The van der Waals surface area contributed by atoms with Crippen LogP contribution in [-0.2, 0) is 10.8 Å². The summed E-state index contributed by atoms with van der Waals surface area (Å²) < 4.78 is 11.3. The number of benzene rings is 1. The SMILES string of the molecule is O=C(O)c1ccc([N+](=O)[O-])cc1NC1CCS(=O)CC1. The van der Waals surface area contributed by atoms with Crippen LogP contribution < -0.4 is 5.32 Å². The zero-order valence-corrected chi connectivity index (χ0v) is 11.4. The van der Waals surface area contributed by atoms with Crippen LogP contribution in [0, 0.1) is 10.1 Å². The zero-order valence-electron chi connectivity index (χ0n) is 10.6. The van der Waals surface area contributed by atoms with Crippen LogP contribution in [0.2, 0.25) is 0 Å². The number of nitrogens with one attached hydrogen (secondary N) is 1. The molecule has 0 unspecified atom stereocenters. The van der Waals surface area contributed by atoms with Gasteiger partial charge in [0.2, 0.25) is 0 Å². The van der Waals surface area contributed by atoms with Crippen molar-refractivity contribution in [2.45, 2.75) is 18.9 Å². The molecule has 0 spiro atoms. The molecular weight excluding hydrogens is 284 g/mol. The highest BCUT2D eigenvalue weighted by atomic mass is 32.2. The number of hydrogen-bond acceptors (Lipinski definition) is 5. The van der Waals surface area contributed by atoms with Gasteiger partial charge in [-0.1, -0.05) is 0 Å². The van der Waals surface area contributed by atoms with E-state index in [9.17, 15) is 19.1 Å². The van der Waals surface area contributed by atoms with Crippen LogP contribution in [0.15, 0.2) is 18.2 Å². The van der Waals surface area contributed by atoms with Crippen molar-refractivity contribution in [1.29, 1.82) is 0 Å². The van der Waals surface area contributed by atoms with Gasteiger partial charge in [0.15, 0.2) is 0 Å². The molecule has 0 saturated carbocycles. The summed E-state index contributed by atoms with van der Waals surface area (Å²) >= 11 is 0. The molecule has 20 heavy (non-hydrogen) atoms. The monoisotopic (exact) mass is 298 g/mol. The number of carbonyl (C=O) groups is 1. The van der Waals surface area contributed by atoms with Gasteiger partial charge < -0.3 is 10.4 Å². The minimum atomic E-state index is -1.14. The molecule has 0 radical (unpaired) electrons. The van der Waals surface area contributed by atoms with E-state index in [1.165, 1.54) is 18.2 Å². The van der Waals surface area contributed by atoms with Gasteiger partial charge in [-0.25, -0.2) is 4.79 Å². The highest BCUT2D eigenvalue weighted by molar-refractivity contribution is 7.85. The molecule has 2 rings (SSSR count). The number of aromatic carboxylic acids is 1. The molecule has 0 aliphatic carbocycles. The summed E-state index contributed by atoms with van der Waals surface area (Å²) in [6.45, 7) is 0. The second-order valence-corrected chi connectivity index (χ2v) is 6.25. The first-order valence-corrected chi connectivity index (χ1v) is 7.59. The standard InChI is InChI=1S/C12H14N2O5S/c15-12(16)10-2-1-9(14(17)18)7-11(10)13-8-3-5-20(19)6-4-8/h1-2,7-8,13H,3-6H2,(H,15,16). The van der Waals surface area contributed by atoms with Crippen molar-refractivity contribution in [1.82, 2.24) is 0 Å². The minimum absolute atomic E-state index is 0.00213. The van der Waals surface area contributed by atoms with Crippen molar-refractivity contribution in [3.8, 4) is 0 Å². The average Bonchev–Trinajstić information content (AvgIpc) is 2.41. The van der Waals surface area contributed by atoms with E-state index < -0.39 is 21.7 Å².